The van der Waals surface area contributed by atoms with Crippen LogP contribution in [-0.4, -0.2) is 279 Å². The van der Waals surface area contributed by atoms with Crippen molar-refractivity contribution in [2.24, 2.45) is 5.92 Å². The third kappa shape index (κ3) is 34.7. The SMILES string of the molecule is CC(=O)N1CCN(C(C)C)CC1.CC(C)N1CCCCC1(C)C.CC(C)N1CCCCC1=O.CC(C)N1CCCC[C@H]1C.CC(C)N1CCN(C(C)C)CC1.CC(C)N1CCN(C)CC1.CC(C)N1CCS(=O)CC1.CC1CCN(C(C)C)CC1. The van der Waals surface area contributed by atoms with Gasteiger partial charge in [0.15, 0.2) is 0 Å². The van der Waals surface area contributed by atoms with Gasteiger partial charge in [0.25, 0.3) is 0 Å². The van der Waals surface area contributed by atoms with Crippen molar-refractivity contribution in [1.82, 2.24) is 53.9 Å². The van der Waals surface area contributed by atoms with Gasteiger partial charge in [-0.05, 0) is 236 Å². The molecule has 0 N–H and O–H groups in total. The zero-order valence-corrected chi connectivity index (χ0v) is 61.8. The Morgan fingerprint density at radius 2 is 0.824 bits per heavy atom. The molecule has 14 nitrogen and oxygen atoms in total. The molecule has 0 aromatic heterocycles. The molecule has 85 heavy (non-hydrogen) atoms. The number of nitrogens with zero attached hydrogens (tertiary/aromatic N) is 11. The summed E-state index contributed by atoms with van der Waals surface area (Å²) in [5.41, 5.74) is 0.451. The van der Waals surface area contributed by atoms with Gasteiger partial charge in [-0.3, -0.25) is 48.1 Å². The highest BCUT2D eigenvalue weighted by atomic mass is 32.2. The summed E-state index contributed by atoms with van der Waals surface area (Å²) in [5, 5.41) is 0. The molecule has 0 radical (unpaired) electrons. The molecule has 15 heteroatoms. The molecule has 8 aliphatic rings. The summed E-state index contributed by atoms with van der Waals surface area (Å²) in [5.74, 6) is 3.26. The van der Waals surface area contributed by atoms with Gasteiger partial charge in [-0.15, -0.1) is 0 Å². The maximum Gasteiger partial charge on any atom is 0.222 e. The molecule has 0 aliphatic carbocycles. The van der Waals surface area contributed by atoms with Gasteiger partial charge in [-0.2, -0.15) is 0 Å². The van der Waals surface area contributed by atoms with E-state index in [1.807, 2.05) is 9.80 Å². The number of piperazine rings is 3. The average molecular weight is 1220 g/mol. The minimum Gasteiger partial charge on any atom is -0.340 e. The Hall–Kier alpha value is -1.27. The summed E-state index contributed by atoms with van der Waals surface area (Å²) in [6.07, 6.45) is 14.2. The van der Waals surface area contributed by atoms with Crippen LogP contribution >= 0.6 is 0 Å². The first kappa shape index (κ1) is 81.7. The van der Waals surface area contributed by atoms with Crippen LogP contribution in [0, 0.1) is 5.92 Å². The van der Waals surface area contributed by atoms with Gasteiger partial charge in [-0.25, -0.2) is 0 Å². The molecular weight excluding hydrogens is 1070 g/mol. The fourth-order valence-corrected chi connectivity index (χ4v) is 14.0. The summed E-state index contributed by atoms with van der Waals surface area (Å²) in [6.45, 7) is 73.5. The Kier molecular flexibility index (Phi) is 42.6. The number of carbonyl (C=O) groups is 2. The predicted octanol–water partition coefficient (Wildman–Crippen LogP) is 11.5. The van der Waals surface area contributed by atoms with Gasteiger partial charge >= 0.3 is 0 Å². The number of rotatable bonds is 9. The summed E-state index contributed by atoms with van der Waals surface area (Å²) in [7, 11) is 1.67. The molecule has 0 aromatic rings. The topological polar surface area (TPSA) is 86.9 Å². The Morgan fingerprint density at radius 3 is 1.15 bits per heavy atom. The zero-order chi connectivity index (χ0) is 64.6. The van der Waals surface area contributed by atoms with Crippen LogP contribution in [0.15, 0.2) is 0 Å². The van der Waals surface area contributed by atoms with Gasteiger partial charge in [-0.1, -0.05) is 19.8 Å². The largest absolute Gasteiger partial charge is 0.340 e. The molecule has 8 aliphatic heterocycles. The van der Waals surface area contributed by atoms with E-state index in [-0.39, 0.29) is 5.91 Å². The van der Waals surface area contributed by atoms with E-state index >= 15 is 0 Å². The van der Waals surface area contributed by atoms with E-state index in [4.69, 9.17) is 0 Å². The van der Waals surface area contributed by atoms with Gasteiger partial charge < -0.3 is 19.6 Å². The minimum absolute atomic E-state index is 0.207. The highest BCUT2D eigenvalue weighted by molar-refractivity contribution is 7.85. The number of likely N-dealkylation sites (N-methyl/N-ethyl adjacent to an activating group) is 1. The Morgan fingerprint density at radius 1 is 0.435 bits per heavy atom. The number of carbonyl (C=O) groups excluding carboxylic acids is 2. The Labute approximate surface area is 532 Å². The quantitative estimate of drug-likeness (QED) is 0.220. The van der Waals surface area contributed by atoms with Gasteiger partial charge in [0.2, 0.25) is 11.8 Å². The number of amides is 2. The van der Waals surface area contributed by atoms with Crippen molar-refractivity contribution in [3.63, 3.8) is 0 Å². The maximum absolute atomic E-state index is 11.2. The lowest BCUT2D eigenvalue weighted by Gasteiger charge is -2.45. The van der Waals surface area contributed by atoms with Crippen LogP contribution in [0.2, 0.25) is 0 Å². The van der Waals surface area contributed by atoms with E-state index in [1.54, 1.807) is 6.92 Å². The highest BCUT2D eigenvalue weighted by Gasteiger charge is 2.31. The first-order valence-electron chi connectivity index (χ1n) is 35.3. The van der Waals surface area contributed by atoms with Crippen LogP contribution in [0.3, 0.4) is 0 Å². The summed E-state index contributed by atoms with van der Waals surface area (Å²) in [6, 6.07) is 6.85. The lowest BCUT2D eigenvalue weighted by molar-refractivity contribution is -0.135. The van der Waals surface area contributed by atoms with Crippen LogP contribution < -0.4 is 0 Å². The second kappa shape index (κ2) is 44.3. The molecule has 8 fully saturated rings. The Bertz CT molecular complexity index is 1650. The number of likely N-dealkylation sites (tertiary alicyclic amines) is 4. The van der Waals surface area contributed by atoms with Crippen molar-refractivity contribution >= 4 is 22.6 Å². The van der Waals surface area contributed by atoms with Crippen LogP contribution in [0.1, 0.15) is 230 Å². The molecule has 2 amide bonds. The molecule has 0 bridgehead atoms. The molecule has 0 unspecified atom stereocenters. The van der Waals surface area contributed by atoms with Gasteiger partial charge in [0, 0.05) is 200 Å². The minimum atomic E-state index is -0.519. The molecular formula is C70H147N11O3S. The summed E-state index contributed by atoms with van der Waals surface area (Å²) < 4.78 is 10.9. The monoisotopic (exact) mass is 1220 g/mol. The number of hydrogen-bond acceptors (Lipinski definition) is 12. The molecule has 0 spiro atoms. The van der Waals surface area contributed by atoms with E-state index < -0.39 is 10.8 Å². The van der Waals surface area contributed by atoms with Crippen LogP contribution in [0.25, 0.3) is 0 Å². The Balaban J connectivity index is 0.000000486. The van der Waals surface area contributed by atoms with E-state index in [2.05, 4.69) is 203 Å². The third-order valence-corrected chi connectivity index (χ3v) is 20.7. The molecule has 506 valence electrons. The predicted molar refractivity (Wildman–Crippen MR) is 372 cm³/mol. The summed E-state index contributed by atoms with van der Waals surface area (Å²) >= 11 is 0. The molecule has 1 atom stereocenters. The van der Waals surface area contributed by atoms with Crippen LogP contribution in [0.5, 0.6) is 0 Å². The first-order chi connectivity index (χ1) is 39.8. The van der Waals surface area contributed by atoms with E-state index in [0.717, 1.165) is 112 Å². The standard InChI is InChI=1S/C10H22N2.C10H21N.C9H18N2O.2C9H19N.C8H18N2.C8H15NO.C7H15NOS/c1-9(2)11-5-7-12(8-6-11)10(3)4;1-9(2)11-8-6-5-7-10(11,3)4;1-8(2)10-4-6-11(7-5-10)9(3)12;1-8(2)10-6-4-9(3)5-7-10;1-8(2)10-7-5-4-6-9(10)3;1-8(2)10-6-4-9(3)5-7-10;1-7(2)9-6-4-3-5-8(9)10;1-7(2)8-3-5-10(9)6-4-8/h9-10H,5-8H2,1-4H3;9H,5-8H2,1-4H3;8H,4-7H2,1-3H3;2*8-9H,4-7H2,1-3H3;8H,4-7H2,1-3H3;2*7H,3-6H2,1-2H3/t;;;;9-;;;/m....1.../s1. The summed E-state index contributed by atoms with van der Waals surface area (Å²) in [4.78, 5) is 48.6. The first-order valence-corrected chi connectivity index (χ1v) is 36.8. The molecule has 8 saturated heterocycles. The smallest absolute Gasteiger partial charge is 0.222 e. The van der Waals surface area contributed by atoms with Gasteiger partial charge in [0.1, 0.15) is 0 Å². The van der Waals surface area contributed by atoms with Crippen molar-refractivity contribution in [2.75, 3.05) is 143 Å². The van der Waals surface area contributed by atoms with E-state index in [0.29, 0.717) is 35.6 Å². The molecule has 0 saturated carbocycles. The maximum atomic E-state index is 11.2. The van der Waals surface area contributed by atoms with Crippen LogP contribution in [-0.2, 0) is 20.4 Å². The number of hydrogen-bond donors (Lipinski definition) is 0. The molecule has 0 aromatic carbocycles. The zero-order valence-electron chi connectivity index (χ0n) is 61.0. The van der Waals surface area contributed by atoms with Crippen molar-refractivity contribution in [2.45, 2.75) is 296 Å². The lowest BCUT2D eigenvalue weighted by atomic mass is 9.89. The normalized spacial score (nSPS) is 23.7. The molecule has 8 heterocycles. The van der Waals surface area contributed by atoms with Crippen molar-refractivity contribution < 1.29 is 13.8 Å². The molecule has 8 rings (SSSR count). The van der Waals surface area contributed by atoms with E-state index in [9.17, 15) is 13.8 Å². The average Bonchev–Trinajstić information content (AvgIpc) is 3.66. The lowest BCUT2D eigenvalue weighted by Crippen LogP contribution is -2.50. The third-order valence-electron chi connectivity index (χ3n) is 19.4. The van der Waals surface area contributed by atoms with E-state index in [1.165, 1.54) is 136 Å². The van der Waals surface area contributed by atoms with Crippen molar-refractivity contribution in [3.8, 4) is 0 Å². The number of piperidine rings is 4. The van der Waals surface area contributed by atoms with Crippen LogP contribution in [0.4, 0.5) is 0 Å². The highest BCUT2D eigenvalue weighted by Crippen LogP contribution is 2.29. The van der Waals surface area contributed by atoms with Crippen molar-refractivity contribution in [3.05, 3.63) is 0 Å². The second-order valence-corrected chi connectivity index (χ2v) is 31.2. The van der Waals surface area contributed by atoms with Gasteiger partial charge in [0.05, 0.1) is 0 Å². The van der Waals surface area contributed by atoms with Crippen molar-refractivity contribution in [1.29, 1.82) is 0 Å². The fourth-order valence-electron chi connectivity index (χ4n) is 12.9. The fraction of sp³-hybridized carbons (Fsp3) is 0.971. The second-order valence-electron chi connectivity index (χ2n) is 29.5.